The fourth-order valence-corrected chi connectivity index (χ4v) is 1.90. The Morgan fingerprint density at radius 3 is 1.79 bits per heavy atom. The number of alkyl halides is 3. The molecular formula is C11H9F3FeO3S-6. The molecule has 8 heteroatoms. The van der Waals surface area contributed by atoms with Gasteiger partial charge < -0.3 is 30.3 Å². The average Bonchev–Trinajstić information content (AvgIpc) is 2.91. The molecule has 0 radical (unpaired) electrons. The van der Waals surface area contributed by atoms with Gasteiger partial charge in [-0.3, -0.25) is 4.55 Å². The van der Waals surface area contributed by atoms with Gasteiger partial charge in [0.2, 0.25) is 10.1 Å². The van der Waals surface area contributed by atoms with Crippen LogP contribution in [0.25, 0.3) is 0 Å². The first-order valence-electron chi connectivity index (χ1n) is 4.70. The van der Waals surface area contributed by atoms with Crippen LogP contribution in [0.1, 0.15) is 5.56 Å². The average molecular weight is 334 g/mol. The first-order chi connectivity index (χ1) is 8.23. The van der Waals surface area contributed by atoms with E-state index in [2.05, 4.69) is 0 Å². The maximum atomic E-state index is 12.0. The van der Waals surface area contributed by atoms with Gasteiger partial charge >= 0.3 is 6.18 Å². The van der Waals surface area contributed by atoms with E-state index in [-0.39, 0.29) is 17.1 Å². The van der Waals surface area contributed by atoms with Crippen LogP contribution in [0.15, 0.2) is 53.4 Å². The van der Waals surface area contributed by atoms with Crippen LogP contribution in [0.3, 0.4) is 0 Å². The van der Waals surface area contributed by atoms with Crippen molar-refractivity contribution in [1.29, 1.82) is 0 Å². The van der Waals surface area contributed by atoms with Crippen molar-refractivity contribution in [2.24, 2.45) is 0 Å². The minimum absolute atomic E-state index is 0. The predicted octanol–water partition coefficient (Wildman–Crippen LogP) is 3.07. The number of hydrogen-bond acceptors (Lipinski definition) is 2. The molecule has 1 N–H and O–H groups in total. The van der Waals surface area contributed by atoms with Gasteiger partial charge in [0.15, 0.2) is 0 Å². The Bertz CT molecular complexity index is 553. The molecule has 2 aromatic rings. The van der Waals surface area contributed by atoms with Crippen LogP contribution in [-0.4, -0.2) is 13.0 Å². The van der Waals surface area contributed by atoms with Gasteiger partial charge in [-0.05, 0) is 10.5 Å². The summed E-state index contributed by atoms with van der Waals surface area (Å²) in [6, 6.07) is 12.2. The minimum Gasteiger partial charge on any atom is -0.748 e. The van der Waals surface area contributed by atoms with Crippen molar-refractivity contribution in [1.82, 2.24) is 0 Å². The van der Waals surface area contributed by atoms with Crippen LogP contribution >= 0.6 is 0 Å². The number of rotatable bonds is 1. The molecule has 0 atom stereocenters. The van der Waals surface area contributed by atoms with Crippen LogP contribution in [-0.2, 0) is 33.4 Å². The Balaban J connectivity index is 0.000000454. The molecule has 112 valence electrons. The van der Waals surface area contributed by atoms with E-state index in [1.54, 1.807) is 0 Å². The Morgan fingerprint density at radius 1 is 1.11 bits per heavy atom. The molecule has 0 aliphatic carbocycles. The zero-order valence-corrected chi connectivity index (χ0v) is 11.2. The summed E-state index contributed by atoms with van der Waals surface area (Å²) in [5.74, 6) is 0. The molecule has 0 bridgehead atoms. The smallest absolute Gasteiger partial charge is 0.395 e. The van der Waals surface area contributed by atoms with E-state index in [9.17, 15) is 21.6 Å². The second-order valence-corrected chi connectivity index (χ2v) is 4.63. The Morgan fingerprint density at radius 2 is 1.53 bits per heavy atom. The predicted molar refractivity (Wildman–Crippen MR) is 58.9 cm³/mol. The van der Waals surface area contributed by atoms with Gasteiger partial charge in [-0.15, -0.1) is 0 Å². The van der Waals surface area contributed by atoms with Crippen molar-refractivity contribution in [2.75, 3.05) is 0 Å². The monoisotopic (exact) mass is 334 g/mol. The Labute approximate surface area is 119 Å². The maximum absolute atomic E-state index is 12.0. The van der Waals surface area contributed by atoms with Crippen molar-refractivity contribution in [3.63, 3.8) is 0 Å². The quantitative estimate of drug-likeness (QED) is 0.495. The Hall–Kier alpha value is -1.08. The molecule has 2 rings (SSSR count). The van der Waals surface area contributed by atoms with Crippen LogP contribution in [0.4, 0.5) is 13.2 Å². The van der Waals surface area contributed by atoms with Crippen LogP contribution in [0.5, 0.6) is 0 Å². The molecule has 0 aromatic heterocycles. The summed E-state index contributed by atoms with van der Waals surface area (Å²) in [6.07, 6.45) is -4.77. The molecule has 3 nitrogen and oxygen atoms in total. The van der Waals surface area contributed by atoms with Crippen molar-refractivity contribution >= 4 is 10.1 Å². The SMILES string of the molecule is O=S(=O)(O)[c-]1cccc1C(F)(F)F.[Fe].[cH-]1[cH-][cH-][cH-][cH-]1. The molecule has 0 saturated heterocycles. The third-order valence-corrected chi connectivity index (χ3v) is 2.83. The summed E-state index contributed by atoms with van der Waals surface area (Å²) in [5.41, 5.74) is -1.35. The summed E-state index contributed by atoms with van der Waals surface area (Å²) < 4.78 is 65.3. The maximum Gasteiger partial charge on any atom is 0.395 e. The fraction of sp³-hybridized carbons (Fsp3) is 0.0909. The fourth-order valence-electron chi connectivity index (χ4n) is 1.18. The zero-order valence-electron chi connectivity index (χ0n) is 9.28. The summed E-state index contributed by atoms with van der Waals surface area (Å²) in [4.78, 5) is -1.11. The molecule has 0 aliphatic rings. The first kappa shape index (κ1) is 17.9. The molecule has 0 aliphatic heterocycles. The molecule has 0 unspecified atom stereocenters. The standard InChI is InChI=1S/C6H4F3O3S.C5H5.Fe/c7-6(8,9)4-2-1-3-5(4)13(10,11)12;1-2-4-5-3-1;/h1-3H,(H,10,11,12);1-5H;/q-1;-5;. The van der Waals surface area contributed by atoms with E-state index in [0.717, 1.165) is 6.07 Å². The Kier molecular flexibility index (Phi) is 6.51. The molecule has 0 amide bonds. The van der Waals surface area contributed by atoms with Gasteiger partial charge in [0.25, 0.3) is 0 Å². The van der Waals surface area contributed by atoms with Crippen molar-refractivity contribution in [3.05, 3.63) is 54.1 Å². The summed E-state index contributed by atoms with van der Waals surface area (Å²) in [7, 11) is -4.79. The first-order valence-corrected chi connectivity index (χ1v) is 6.14. The van der Waals surface area contributed by atoms with E-state index in [0.29, 0.717) is 12.1 Å². The molecular weight excluding hydrogens is 325 g/mol. The van der Waals surface area contributed by atoms with Gasteiger partial charge in [-0.2, -0.15) is 19.2 Å². The molecule has 0 heterocycles. The molecule has 0 saturated carbocycles. The van der Waals surface area contributed by atoms with E-state index < -0.39 is 26.8 Å². The topological polar surface area (TPSA) is 54.4 Å². The summed E-state index contributed by atoms with van der Waals surface area (Å²) in [5, 5.41) is 0. The van der Waals surface area contributed by atoms with Gasteiger partial charge in [-0.25, -0.2) is 20.6 Å². The minimum atomic E-state index is -4.79. The number of hydrogen-bond donors (Lipinski definition) is 1. The van der Waals surface area contributed by atoms with Crippen molar-refractivity contribution in [3.8, 4) is 0 Å². The van der Waals surface area contributed by atoms with E-state index in [4.69, 9.17) is 4.55 Å². The molecule has 0 fully saturated rings. The van der Waals surface area contributed by atoms with Crippen molar-refractivity contribution < 1.29 is 43.2 Å². The summed E-state index contributed by atoms with van der Waals surface area (Å²) in [6.45, 7) is 0. The summed E-state index contributed by atoms with van der Waals surface area (Å²) >= 11 is 0. The van der Waals surface area contributed by atoms with Crippen LogP contribution in [0.2, 0.25) is 0 Å². The van der Waals surface area contributed by atoms with E-state index in [1.807, 2.05) is 30.3 Å². The van der Waals surface area contributed by atoms with Crippen molar-refractivity contribution in [2.45, 2.75) is 11.1 Å². The zero-order chi connectivity index (χ0) is 13.8. The second kappa shape index (κ2) is 6.91. The third kappa shape index (κ3) is 5.61. The van der Waals surface area contributed by atoms with Crippen LogP contribution < -0.4 is 0 Å². The van der Waals surface area contributed by atoms with E-state index >= 15 is 0 Å². The van der Waals surface area contributed by atoms with Crippen LogP contribution in [0, 0.1) is 0 Å². The van der Waals surface area contributed by atoms with Gasteiger partial charge in [0.05, 0.1) is 0 Å². The molecule has 2 aromatic carbocycles. The normalized spacial score (nSPS) is 11.2. The van der Waals surface area contributed by atoms with Gasteiger partial charge in [-0.1, -0.05) is 0 Å². The van der Waals surface area contributed by atoms with Gasteiger partial charge in [0, 0.05) is 17.1 Å². The molecule has 19 heavy (non-hydrogen) atoms. The molecule has 0 spiro atoms. The largest absolute Gasteiger partial charge is 0.748 e. The van der Waals surface area contributed by atoms with Gasteiger partial charge in [0.1, 0.15) is 0 Å². The number of halogens is 3. The third-order valence-electron chi connectivity index (χ3n) is 1.91. The van der Waals surface area contributed by atoms with E-state index in [1.165, 1.54) is 0 Å². The second-order valence-electron chi connectivity index (χ2n) is 3.24.